The molecule has 5 heteroatoms. The van der Waals surface area contributed by atoms with E-state index in [1.807, 2.05) is 58.0 Å². The molecule has 148 valence electrons. The van der Waals surface area contributed by atoms with Crippen LogP contribution in [0.5, 0.6) is 0 Å². The maximum Gasteiger partial charge on any atom is 0.251 e. The lowest BCUT2D eigenvalue weighted by Crippen LogP contribution is -2.38. The van der Waals surface area contributed by atoms with Crippen molar-refractivity contribution in [3.63, 3.8) is 0 Å². The lowest BCUT2D eigenvalue weighted by atomic mass is 9.95. The molecule has 0 unspecified atom stereocenters. The summed E-state index contributed by atoms with van der Waals surface area (Å²) < 4.78 is 0. The molecule has 0 saturated carbocycles. The number of rotatable bonds is 5. The molecule has 2 N–H and O–H groups in total. The van der Waals surface area contributed by atoms with Gasteiger partial charge in [0.25, 0.3) is 5.91 Å². The molecule has 2 aromatic rings. The van der Waals surface area contributed by atoms with Crippen molar-refractivity contribution >= 4 is 23.2 Å². The topological polar surface area (TPSA) is 61.4 Å². The zero-order chi connectivity index (χ0) is 20.3. The molecule has 0 radical (unpaired) electrons. The molecule has 1 aliphatic rings. The molecule has 1 heterocycles. The summed E-state index contributed by atoms with van der Waals surface area (Å²) in [5, 5.41) is 5.98. The lowest BCUT2D eigenvalue weighted by Gasteiger charge is -2.32. The van der Waals surface area contributed by atoms with Crippen molar-refractivity contribution in [3.05, 3.63) is 58.7 Å². The van der Waals surface area contributed by atoms with Crippen LogP contribution in [0.15, 0.2) is 36.4 Å². The number of hydrogen-bond acceptors (Lipinski definition) is 3. The van der Waals surface area contributed by atoms with Gasteiger partial charge in [-0.05, 0) is 81.5 Å². The first-order chi connectivity index (χ1) is 13.3. The standard InChI is InChI=1S/C23H29N3O2/c1-15(2)24-23(28)20-7-5-9-21-19(20)8-6-10-26(21)14-22(27)25-18-12-16(3)11-17(4)13-18/h5,7,9,11-13,15H,6,8,10,14H2,1-4H3,(H,24,28)(H,25,27). The van der Waals surface area contributed by atoms with Gasteiger partial charge < -0.3 is 15.5 Å². The summed E-state index contributed by atoms with van der Waals surface area (Å²) in [7, 11) is 0. The first-order valence-electron chi connectivity index (χ1n) is 9.89. The fourth-order valence-electron chi connectivity index (χ4n) is 3.84. The van der Waals surface area contributed by atoms with Crippen molar-refractivity contribution in [3.8, 4) is 0 Å². The average Bonchev–Trinajstić information content (AvgIpc) is 2.60. The van der Waals surface area contributed by atoms with Gasteiger partial charge in [-0.2, -0.15) is 0 Å². The number of carbonyl (C=O) groups excluding carboxylic acids is 2. The van der Waals surface area contributed by atoms with Gasteiger partial charge in [0.15, 0.2) is 0 Å². The smallest absolute Gasteiger partial charge is 0.251 e. The molecule has 3 rings (SSSR count). The molecule has 0 saturated heterocycles. The van der Waals surface area contributed by atoms with E-state index in [0.717, 1.165) is 47.5 Å². The number of amides is 2. The Morgan fingerprint density at radius 1 is 1.11 bits per heavy atom. The third-order valence-corrected chi connectivity index (χ3v) is 4.85. The SMILES string of the molecule is Cc1cc(C)cc(NC(=O)CN2CCCc3c(C(=O)NC(C)C)cccc32)c1. The molecule has 1 aliphatic heterocycles. The Morgan fingerprint density at radius 3 is 2.50 bits per heavy atom. The van der Waals surface area contributed by atoms with Crippen molar-refractivity contribution in [2.24, 2.45) is 0 Å². The quantitative estimate of drug-likeness (QED) is 0.830. The first-order valence-corrected chi connectivity index (χ1v) is 9.89. The Hall–Kier alpha value is -2.82. The second-order valence-corrected chi connectivity index (χ2v) is 7.88. The second-order valence-electron chi connectivity index (χ2n) is 7.88. The van der Waals surface area contributed by atoms with E-state index in [1.165, 1.54) is 0 Å². The third-order valence-electron chi connectivity index (χ3n) is 4.85. The summed E-state index contributed by atoms with van der Waals surface area (Å²) in [6.45, 7) is 9.03. The van der Waals surface area contributed by atoms with Gasteiger partial charge >= 0.3 is 0 Å². The predicted octanol–water partition coefficient (Wildman–Crippen LogP) is 3.83. The van der Waals surface area contributed by atoms with Crippen LogP contribution in [0, 0.1) is 13.8 Å². The Labute approximate surface area is 167 Å². The van der Waals surface area contributed by atoms with Crippen LogP contribution in [0.1, 0.15) is 47.3 Å². The Morgan fingerprint density at radius 2 is 1.82 bits per heavy atom. The molecule has 0 aliphatic carbocycles. The van der Waals surface area contributed by atoms with Crippen LogP contribution in [0.4, 0.5) is 11.4 Å². The number of nitrogens with one attached hydrogen (secondary N) is 2. The normalized spacial score (nSPS) is 13.2. The zero-order valence-electron chi connectivity index (χ0n) is 17.1. The lowest BCUT2D eigenvalue weighted by molar-refractivity contribution is -0.115. The summed E-state index contributed by atoms with van der Waals surface area (Å²) in [5.41, 5.74) is 5.80. The first kappa shape index (κ1) is 19.9. The van der Waals surface area contributed by atoms with Crippen LogP contribution in [0.2, 0.25) is 0 Å². The van der Waals surface area contributed by atoms with E-state index >= 15 is 0 Å². The number of anilines is 2. The number of hydrogen-bond donors (Lipinski definition) is 2. The Bertz CT molecular complexity index is 869. The summed E-state index contributed by atoms with van der Waals surface area (Å²) in [5.74, 6) is -0.0942. The molecule has 2 amide bonds. The molecule has 28 heavy (non-hydrogen) atoms. The number of aryl methyl sites for hydroxylation is 2. The van der Waals surface area contributed by atoms with Crippen molar-refractivity contribution in [1.82, 2.24) is 5.32 Å². The van der Waals surface area contributed by atoms with Crippen molar-refractivity contribution in [1.29, 1.82) is 0 Å². The molecule has 0 bridgehead atoms. The van der Waals surface area contributed by atoms with Crippen LogP contribution >= 0.6 is 0 Å². The third kappa shape index (κ3) is 4.71. The van der Waals surface area contributed by atoms with E-state index < -0.39 is 0 Å². The highest BCUT2D eigenvalue weighted by Gasteiger charge is 2.23. The minimum absolute atomic E-state index is 0.0464. The number of fused-ring (bicyclic) bond motifs is 1. The highest BCUT2D eigenvalue weighted by molar-refractivity contribution is 5.98. The number of nitrogens with zero attached hydrogens (tertiary/aromatic N) is 1. The van der Waals surface area contributed by atoms with Crippen LogP contribution in [-0.4, -0.2) is 30.9 Å². The van der Waals surface area contributed by atoms with E-state index in [9.17, 15) is 9.59 Å². The van der Waals surface area contributed by atoms with Gasteiger partial charge in [0.05, 0.1) is 6.54 Å². The van der Waals surface area contributed by atoms with Crippen LogP contribution in [0.25, 0.3) is 0 Å². The van der Waals surface area contributed by atoms with Crippen LogP contribution in [0.3, 0.4) is 0 Å². The van der Waals surface area contributed by atoms with Crippen molar-refractivity contribution in [2.75, 3.05) is 23.3 Å². The van der Waals surface area contributed by atoms with Crippen molar-refractivity contribution in [2.45, 2.75) is 46.6 Å². The van der Waals surface area contributed by atoms with Crippen LogP contribution in [-0.2, 0) is 11.2 Å². The monoisotopic (exact) mass is 379 g/mol. The maximum absolute atomic E-state index is 12.6. The van der Waals surface area contributed by atoms with Gasteiger partial charge in [-0.25, -0.2) is 0 Å². The van der Waals surface area contributed by atoms with Gasteiger partial charge in [-0.1, -0.05) is 12.1 Å². The van der Waals surface area contributed by atoms with E-state index in [2.05, 4.69) is 21.6 Å². The Kier molecular flexibility index (Phi) is 6.02. The van der Waals surface area contributed by atoms with E-state index in [0.29, 0.717) is 5.56 Å². The molecule has 0 aromatic heterocycles. The minimum Gasteiger partial charge on any atom is -0.362 e. The van der Waals surface area contributed by atoms with Gasteiger partial charge in [0.1, 0.15) is 0 Å². The zero-order valence-corrected chi connectivity index (χ0v) is 17.1. The van der Waals surface area contributed by atoms with Crippen molar-refractivity contribution < 1.29 is 9.59 Å². The Balaban J connectivity index is 1.77. The van der Waals surface area contributed by atoms with Crippen LogP contribution < -0.4 is 15.5 Å². The largest absolute Gasteiger partial charge is 0.362 e. The predicted molar refractivity (Wildman–Crippen MR) is 114 cm³/mol. The number of carbonyl (C=O) groups is 2. The molecule has 5 nitrogen and oxygen atoms in total. The minimum atomic E-state index is -0.0478. The summed E-state index contributed by atoms with van der Waals surface area (Å²) in [6.07, 6.45) is 1.78. The van der Waals surface area contributed by atoms with Gasteiger partial charge in [-0.3, -0.25) is 9.59 Å². The summed E-state index contributed by atoms with van der Waals surface area (Å²) >= 11 is 0. The van der Waals surface area contributed by atoms with Gasteiger partial charge in [0, 0.05) is 29.5 Å². The fourth-order valence-corrected chi connectivity index (χ4v) is 3.84. The molecule has 0 atom stereocenters. The van der Waals surface area contributed by atoms with Gasteiger partial charge in [0.2, 0.25) is 5.91 Å². The molecular formula is C23H29N3O2. The second kappa shape index (κ2) is 8.46. The average molecular weight is 380 g/mol. The molecule has 0 spiro atoms. The van der Waals surface area contributed by atoms with E-state index in [1.54, 1.807) is 0 Å². The molecule has 0 fully saturated rings. The molecular weight excluding hydrogens is 350 g/mol. The summed E-state index contributed by atoms with van der Waals surface area (Å²) in [4.78, 5) is 27.3. The van der Waals surface area contributed by atoms with E-state index in [4.69, 9.17) is 0 Å². The molecule has 2 aromatic carbocycles. The van der Waals surface area contributed by atoms with Gasteiger partial charge in [-0.15, -0.1) is 0 Å². The maximum atomic E-state index is 12.6. The highest BCUT2D eigenvalue weighted by atomic mass is 16.2. The fraction of sp³-hybridized carbons (Fsp3) is 0.391. The van der Waals surface area contributed by atoms with E-state index in [-0.39, 0.29) is 24.4 Å². The highest BCUT2D eigenvalue weighted by Crippen LogP contribution is 2.30. The number of benzene rings is 2. The summed E-state index contributed by atoms with van der Waals surface area (Å²) in [6, 6.07) is 11.9.